The second kappa shape index (κ2) is 7.24. The van der Waals surface area contributed by atoms with Gasteiger partial charge in [-0.05, 0) is 34.7 Å². The quantitative estimate of drug-likeness (QED) is 0.683. The minimum absolute atomic E-state index is 0.128. The van der Waals surface area contributed by atoms with E-state index in [1.807, 2.05) is 36.4 Å². The molecule has 1 aliphatic rings. The number of nitrogens with zero attached hydrogens (tertiary/aromatic N) is 1. The molecule has 0 atom stereocenters. The number of terminal acetylenes is 1. The molecule has 2 aromatic carbocycles. The van der Waals surface area contributed by atoms with Crippen LogP contribution in [0.25, 0.3) is 16.8 Å². The maximum absolute atomic E-state index is 12.1. The van der Waals surface area contributed by atoms with E-state index in [0.29, 0.717) is 10.7 Å². The number of rotatable bonds is 3. The molecule has 3 rings (SSSR count). The second-order valence-corrected chi connectivity index (χ2v) is 6.24. The highest BCUT2D eigenvalue weighted by Gasteiger charge is 2.23. The van der Waals surface area contributed by atoms with Gasteiger partial charge in [-0.3, -0.25) is 9.59 Å². The Morgan fingerprint density at radius 2 is 2.16 bits per heavy atom. The van der Waals surface area contributed by atoms with E-state index in [0.717, 1.165) is 28.1 Å². The normalized spacial score (nSPS) is 15.1. The molecule has 5 nitrogen and oxygen atoms in total. The summed E-state index contributed by atoms with van der Waals surface area (Å²) in [5.74, 6) is 2.35. The SMILES string of the molecule is C#CCOc1ccc2ccccc2c1/C=C1\SC(NC(C)=O)=NC1=O. The summed E-state index contributed by atoms with van der Waals surface area (Å²) in [4.78, 5) is 27.5. The van der Waals surface area contributed by atoms with Crippen LogP contribution in [-0.2, 0) is 9.59 Å². The summed E-state index contributed by atoms with van der Waals surface area (Å²) in [5, 5.41) is 4.75. The molecule has 0 saturated heterocycles. The molecule has 0 aromatic heterocycles. The van der Waals surface area contributed by atoms with Gasteiger partial charge in [0.2, 0.25) is 5.91 Å². The minimum Gasteiger partial charge on any atom is -0.480 e. The van der Waals surface area contributed by atoms with Gasteiger partial charge in [-0.1, -0.05) is 36.3 Å². The first-order chi connectivity index (χ1) is 12.1. The standard InChI is InChI=1S/C19H14N2O3S/c1-3-10-24-16-9-8-13-6-4-5-7-14(13)15(16)11-17-18(23)21-19(25-17)20-12(2)22/h1,4-9,11H,10H2,2H3,(H,20,21,22,23)/b17-11-. The van der Waals surface area contributed by atoms with Crippen LogP contribution in [0, 0.1) is 12.3 Å². The van der Waals surface area contributed by atoms with Gasteiger partial charge in [-0.15, -0.1) is 6.42 Å². The zero-order valence-electron chi connectivity index (χ0n) is 13.4. The molecule has 6 heteroatoms. The fourth-order valence-electron chi connectivity index (χ4n) is 2.41. The molecule has 1 heterocycles. The van der Waals surface area contributed by atoms with E-state index in [9.17, 15) is 9.59 Å². The fourth-order valence-corrected chi connectivity index (χ4v) is 3.26. The number of fused-ring (bicyclic) bond motifs is 1. The van der Waals surface area contributed by atoms with Crippen LogP contribution >= 0.6 is 11.8 Å². The largest absolute Gasteiger partial charge is 0.480 e. The van der Waals surface area contributed by atoms with Crippen molar-refractivity contribution in [3.8, 4) is 18.1 Å². The number of amidine groups is 1. The van der Waals surface area contributed by atoms with Gasteiger partial charge in [0.05, 0.1) is 4.91 Å². The number of hydrogen-bond acceptors (Lipinski definition) is 4. The first-order valence-corrected chi connectivity index (χ1v) is 8.28. The molecule has 2 amide bonds. The summed E-state index contributed by atoms with van der Waals surface area (Å²) in [6.45, 7) is 1.50. The lowest BCUT2D eigenvalue weighted by Crippen LogP contribution is -2.23. The van der Waals surface area contributed by atoms with Crippen LogP contribution in [0.5, 0.6) is 5.75 Å². The number of carbonyl (C=O) groups is 2. The van der Waals surface area contributed by atoms with Crippen LogP contribution in [0.4, 0.5) is 0 Å². The molecule has 0 saturated carbocycles. The third-order valence-corrected chi connectivity index (χ3v) is 4.32. The number of carbonyl (C=O) groups excluding carboxylic acids is 2. The monoisotopic (exact) mass is 350 g/mol. The van der Waals surface area contributed by atoms with E-state index in [1.165, 1.54) is 6.92 Å². The van der Waals surface area contributed by atoms with E-state index in [4.69, 9.17) is 11.2 Å². The summed E-state index contributed by atoms with van der Waals surface area (Å²) in [5.41, 5.74) is 0.753. The van der Waals surface area contributed by atoms with Crippen molar-refractivity contribution >= 4 is 45.6 Å². The van der Waals surface area contributed by atoms with Gasteiger partial charge in [-0.25, -0.2) is 0 Å². The first kappa shape index (κ1) is 16.8. The smallest absolute Gasteiger partial charge is 0.286 e. The van der Waals surface area contributed by atoms with Crippen molar-refractivity contribution < 1.29 is 14.3 Å². The molecule has 2 aromatic rings. The van der Waals surface area contributed by atoms with Crippen molar-refractivity contribution in [1.29, 1.82) is 0 Å². The van der Waals surface area contributed by atoms with Gasteiger partial charge < -0.3 is 10.1 Å². The molecular formula is C19H14N2O3S. The number of hydrogen-bond donors (Lipinski definition) is 1. The lowest BCUT2D eigenvalue weighted by atomic mass is 10.0. The van der Waals surface area contributed by atoms with Crippen LogP contribution in [0.15, 0.2) is 46.3 Å². The third kappa shape index (κ3) is 3.73. The Bertz CT molecular complexity index is 970. The van der Waals surface area contributed by atoms with Crippen molar-refractivity contribution in [3.05, 3.63) is 46.9 Å². The van der Waals surface area contributed by atoms with Crippen molar-refractivity contribution in [2.24, 2.45) is 4.99 Å². The maximum atomic E-state index is 12.1. The van der Waals surface area contributed by atoms with Gasteiger partial charge in [0.25, 0.3) is 5.91 Å². The predicted molar refractivity (Wildman–Crippen MR) is 100 cm³/mol. The van der Waals surface area contributed by atoms with Crippen LogP contribution in [0.1, 0.15) is 12.5 Å². The molecule has 0 radical (unpaired) electrons. The molecule has 0 aliphatic carbocycles. The Balaban J connectivity index is 2.04. The highest BCUT2D eigenvalue weighted by atomic mass is 32.2. The van der Waals surface area contributed by atoms with Crippen LogP contribution in [0.3, 0.4) is 0 Å². The van der Waals surface area contributed by atoms with Crippen molar-refractivity contribution in [2.75, 3.05) is 6.61 Å². The topological polar surface area (TPSA) is 67.8 Å². The molecular weight excluding hydrogens is 336 g/mol. The Morgan fingerprint density at radius 3 is 2.92 bits per heavy atom. The summed E-state index contributed by atoms with van der Waals surface area (Å²) in [6.07, 6.45) is 7.00. The molecule has 25 heavy (non-hydrogen) atoms. The summed E-state index contributed by atoms with van der Waals surface area (Å²) in [7, 11) is 0. The molecule has 0 spiro atoms. The van der Waals surface area contributed by atoms with Crippen molar-refractivity contribution in [1.82, 2.24) is 5.32 Å². The van der Waals surface area contributed by atoms with Crippen LogP contribution in [0.2, 0.25) is 0 Å². The average Bonchev–Trinajstić information content (AvgIpc) is 2.92. The third-order valence-electron chi connectivity index (χ3n) is 3.42. The van der Waals surface area contributed by atoms with Gasteiger partial charge in [0.15, 0.2) is 5.17 Å². The lowest BCUT2D eigenvalue weighted by Gasteiger charge is -2.10. The van der Waals surface area contributed by atoms with Gasteiger partial charge in [0, 0.05) is 12.5 Å². The fraction of sp³-hybridized carbons (Fsp3) is 0.105. The zero-order chi connectivity index (χ0) is 17.8. The number of aliphatic imine (C=N–C) groups is 1. The van der Waals surface area contributed by atoms with E-state index in [2.05, 4.69) is 16.2 Å². The van der Waals surface area contributed by atoms with Crippen molar-refractivity contribution in [3.63, 3.8) is 0 Å². The summed E-state index contributed by atoms with van der Waals surface area (Å²) in [6, 6.07) is 11.5. The number of nitrogens with one attached hydrogen (secondary N) is 1. The van der Waals surface area contributed by atoms with Gasteiger partial charge in [0.1, 0.15) is 12.4 Å². The zero-order valence-corrected chi connectivity index (χ0v) is 14.2. The van der Waals surface area contributed by atoms with Crippen LogP contribution < -0.4 is 10.1 Å². The van der Waals surface area contributed by atoms with Gasteiger partial charge in [-0.2, -0.15) is 4.99 Å². The van der Waals surface area contributed by atoms with E-state index in [1.54, 1.807) is 6.08 Å². The highest BCUT2D eigenvalue weighted by molar-refractivity contribution is 8.18. The highest BCUT2D eigenvalue weighted by Crippen LogP contribution is 2.34. The molecule has 0 bridgehead atoms. The van der Waals surface area contributed by atoms with Crippen molar-refractivity contribution in [2.45, 2.75) is 6.92 Å². The number of benzene rings is 2. The number of amides is 2. The molecule has 124 valence electrons. The number of thioether (sulfide) groups is 1. The molecule has 0 fully saturated rings. The Morgan fingerprint density at radius 1 is 1.36 bits per heavy atom. The maximum Gasteiger partial charge on any atom is 0.286 e. The molecule has 0 unspecified atom stereocenters. The summed E-state index contributed by atoms with van der Waals surface area (Å²) >= 11 is 1.12. The Hall–Kier alpha value is -3.04. The Labute approximate surface area is 149 Å². The van der Waals surface area contributed by atoms with Gasteiger partial charge >= 0.3 is 0 Å². The van der Waals surface area contributed by atoms with E-state index in [-0.39, 0.29) is 17.7 Å². The van der Waals surface area contributed by atoms with Crippen LogP contribution in [-0.4, -0.2) is 23.6 Å². The Kier molecular flexibility index (Phi) is 4.87. The predicted octanol–water partition coefficient (Wildman–Crippen LogP) is 2.96. The average molecular weight is 350 g/mol. The summed E-state index contributed by atoms with van der Waals surface area (Å²) < 4.78 is 5.62. The van der Waals surface area contributed by atoms with E-state index < -0.39 is 5.91 Å². The number of ether oxygens (including phenoxy) is 1. The molecule has 1 N–H and O–H groups in total. The lowest BCUT2D eigenvalue weighted by molar-refractivity contribution is -0.117. The minimum atomic E-state index is -0.399. The molecule has 1 aliphatic heterocycles. The van der Waals surface area contributed by atoms with E-state index >= 15 is 0 Å². The second-order valence-electron chi connectivity index (χ2n) is 5.21. The first-order valence-electron chi connectivity index (χ1n) is 7.46.